The van der Waals surface area contributed by atoms with Crippen molar-refractivity contribution in [2.24, 2.45) is 0 Å². The number of halogens is 3. The largest absolute Gasteiger partial charge is 0.573 e. The Kier molecular flexibility index (Phi) is 5.07. The summed E-state index contributed by atoms with van der Waals surface area (Å²) in [5.74, 6) is 0.432. The van der Waals surface area contributed by atoms with Crippen LogP contribution >= 0.6 is 0 Å². The zero-order chi connectivity index (χ0) is 20.3. The summed E-state index contributed by atoms with van der Waals surface area (Å²) in [6, 6.07) is 5.86. The van der Waals surface area contributed by atoms with Gasteiger partial charge >= 0.3 is 6.36 Å². The Bertz CT molecular complexity index is 1100. The number of nitrogens with zero attached hydrogens (tertiary/aromatic N) is 6. The highest BCUT2D eigenvalue weighted by Crippen LogP contribution is 2.23. The lowest BCUT2D eigenvalue weighted by atomic mass is 10.1. The van der Waals surface area contributed by atoms with Gasteiger partial charge in [-0.3, -0.25) is 4.98 Å². The third-order valence-electron chi connectivity index (χ3n) is 4.16. The first-order valence-corrected chi connectivity index (χ1v) is 8.78. The van der Waals surface area contributed by atoms with Crippen LogP contribution in [0, 0.1) is 0 Å². The molecule has 4 aromatic rings. The average Bonchev–Trinajstić information content (AvgIpc) is 3.12. The second-order valence-corrected chi connectivity index (χ2v) is 6.24. The molecule has 0 aliphatic heterocycles. The van der Waals surface area contributed by atoms with Crippen molar-refractivity contribution >= 4 is 5.65 Å². The molecular weight excluding hydrogens is 385 g/mol. The zero-order valence-corrected chi connectivity index (χ0v) is 15.0. The molecule has 0 aliphatic rings. The predicted octanol–water partition coefficient (Wildman–Crippen LogP) is 3.66. The van der Waals surface area contributed by atoms with Gasteiger partial charge in [0, 0.05) is 36.8 Å². The summed E-state index contributed by atoms with van der Waals surface area (Å²) in [6.07, 6.45) is 5.49. The third-order valence-corrected chi connectivity index (χ3v) is 4.16. The summed E-state index contributed by atoms with van der Waals surface area (Å²) in [5.41, 5.74) is 2.92. The molecule has 0 N–H and O–H groups in total. The van der Waals surface area contributed by atoms with Crippen molar-refractivity contribution in [3.8, 4) is 17.0 Å². The van der Waals surface area contributed by atoms with E-state index in [1.165, 1.54) is 18.5 Å². The van der Waals surface area contributed by atoms with Crippen LogP contribution in [0.5, 0.6) is 5.75 Å². The minimum atomic E-state index is -4.68. The Balaban J connectivity index is 1.42. The van der Waals surface area contributed by atoms with Gasteiger partial charge in [-0.25, -0.2) is 19.5 Å². The summed E-state index contributed by atoms with van der Waals surface area (Å²) < 4.78 is 42.2. The van der Waals surface area contributed by atoms with Gasteiger partial charge in [0.15, 0.2) is 11.5 Å². The first-order chi connectivity index (χ1) is 14.0. The molecule has 0 unspecified atom stereocenters. The van der Waals surface area contributed by atoms with Crippen LogP contribution in [0.4, 0.5) is 13.2 Å². The lowest BCUT2D eigenvalue weighted by Crippen LogP contribution is -2.17. The van der Waals surface area contributed by atoms with Gasteiger partial charge < -0.3 is 4.74 Å². The van der Waals surface area contributed by atoms with Gasteiger partial charge in [-0.05, 0) is 30.5 Å². The topological polar surface area (TPSA) is 78.1 Å². The lowest BCUT2D eigenvalue weighted by molar-refractivity contribution is -0.274. The molecule has 0 amide bonds. The van der Waals surface area contributed by atoms with Gasteiger partial charge in [-0.1, -0.05) is 12.1 Å². The molecule has 0 fully saturated rings. The highest BCUT2D eigenvalue weighted by Gasteiger charge is 2.30. The smallest absolute Gasteiger partial charge is 0.406 e. The highest BCUT2D eigenvalue weighted by molar-refractivity contribution is 5.71. The van der Waals surface area contributed by atoms with Gasteiger partial charge in [0.05, 0.1) is 0 Å². The number of aromatic nitrogens is 6. The van der Waals surface area contributed by atoms with Crippen molar-refractivity contribution < 1.29 is 17.9 Å². The van der Waals surface area contributed by atoms with Crippen molar-refractivity contribution in [3.05, 3.63) is 66.8 Å². The number of alkyl halides is 3. The van der Waals surface area contributed by atoms with Crippen LogP contribution in [0.15, 0.2) is 55.4 Å². The van der Waals surface area contributed by atoms with Crippen molar-refractivity contribution in [1.82, 2.24) is 29.5 Å². The molecular formula is C19H15F3N6O. The van der Waals surface area contributed by atoms with Crippen LogP contribution in [0.3, 0.4) is 0 Å². The van der Waals surface area contributed by atoms with E-state index >= 15 is 0 Å². The molecule has 0 atom stereocenters. The van der Waals surface area contributed by atoms with Crippen LogP contribution in [0.1, 0.15) is 17.8 Å². The molecule has 0 saturated heterocycles. The Morgan fingerprint density at radius 1 is 1.00 bits per heavy atom. The fourth-order valence-corrected chi connectivity index (χ4v) is 2.90. The van der Waals surface area contributed by atoms with Crippen molar-refractivity contribution in [3.63, 3.8) is 0 Å². The second-order valence-electron chi connectivity index (χ2n) is 6.24. The Morgan fingerprint density at radius 2 is 1.76 bits per heavy atom. The summed E-state index contributed by atoms with van der Waals surface area (Å²) in [4.78, 5) is 16.9. The normalized spacial score (nSPS) is 11.7. The van der Waals surface area contributed by atoms with Crippen LogP contribution in [-0.2, 0) is 12.8 Å². The van der Waals surface area contributed by atoms with E-state index in [-0.39, 0.29) is 5.75 Å². The number of benzene rings is 1. The van der Waals surface area contributed by atoms with E-state index in [0.717, 1.165) is 17.5 Å². The van der Waals surface area contributed by atoms with Gasteiger partial charge in [0.1, 0.15) is 17.8 Å². The summed E-state index contributed by atoms with van der Waals surface area (Å²) in [7, 11) is 0. The minimum absolute atomic E-state index is 0.229. The van der Waals surface area contributed by atoms with Gasteiger partial charge in [-0.2, -0.15) is 5.10 Å². The number of ether oxygens (including phenoxy) is 1. The Morgan fingerprint density at radius 3 is 2.48 bits per heavy atom. The molecule has 0 radical (unpaired) electrons. The maximum absolute atomic E-state index is 12.2. The number of rotatable bonds is 6. The number of fused-ring (bicyclic) bond motifs is 1. The highest BCUT2D eigenvalue weighted by atomic mass is 19.4. The molecule has 29 heavy (non-hydrogen) atoms. The third kappa shape index (κ3) is 4.65. The molecule has 4 rings (SSSR count). The Hall–Kier alpha value is -3.56. The van der Waals surface area contributed by atoms with Crippen LogP contribution < -0.4 is 4.74 Å². The molecule has 148 valence electrons. The molecule has 1 aromatic carbocycles. The summed E-state index contributed by atoms with van der Waals surface area (Å²) >= 11 is 0. The van der Waals surface area contributed by atoms with Gasteiger partial charge in [-0.15, -0.1) is 13.2 Å². The first kappa shape index (κ1) is 18.8. The lowest BCUT2D eigenvalue weighted by Gasteiger charge is -2.09. The first-order valence-electron chi connectivity index (χ1n) is 8.78. The quantitative estimate of drug-likeness (QED) is 0.492. The number of hydrogen-bond acceptors (Lipinski definition) is 6. The molecule has 0 spiro atoms. The molecule has 0 bridgehead atoms. The van der Waals surface area contributed by atoms with E-state index in [2.05, 4.69) is 29.8 Å². The van der Waals surface area contributed by atoms with E-state index in [9.17, 15) is 13.2 Å². The molecule has 7 nitrogen and oxygen atoms in total. The van der Waals surface area contributed by atoms with E-state index in [4.69, 9.17) is 0 Å². The molecule has 3 heterocycles. The monoisotopic (exact) mass is 400 g/mol. The maximum atomic E-state index is 12.2. The van der Waals surface area contributed by atoms with Gasteiger partial charge in [0.25, 0.3) is 0 Å². The number of hydrogen-bond donors (Lipinski definition) is 0. The number of aryl methyl sites for hydroxylation is 2. The van der Waals surface area contributed by atoms with Crippen LogP contribution in [-0.4, -0.2) is 35.9 Å². The Labute approximate surface area is 163 Å². The maximum Gasteiger partial charge on any atom is 0.573 e. The van der Waals surface area contributed by atoms with E-state index in [0.29, 0.717) is 30.0 Å². The second kappa shape index (κ2) is 7.82. The fraction of sp³-hybridized carbons (Fsp3) is 0.211. The van der Waals surface area contributed by atoms with Crippen molar-refractivity contribution in [2.75, 3.05) is 0 Å². The van der Waals surface area contributed by atoms with Crippen molar-refractivity contribution in [2.45, 2.75) is 25.6 Å². The standard InChI is InChI=1S/C19H15F3N6O/c20-19(21,22)29-15-6-4-13(5-7-15)2-1-3-16-26-18-17(14-10-23-12-24-11-14)25-8-9-28(18)27-16/h4-12H,1-3H2. The van der Waals surface area contributed by atoms with E-state index in [1.54, 1.807) is 41.4 Å². The summed E-state index contributed by atoms with van der Waals surface area (Å²) in [5, 5.41) is 4.46. The molecule has 3 aromatic heterocycles. The average molecular weight is 400 g/mol. The van der Waals surface area contributed by atoms with E-state index in [1.807, 2.05) is 0 Å². The fourth-order valence-electron chi connectivity index (χ4n) is 2.90. The molecule has 10 heteroatoms. The van der Waals surface area contributed by atoms with Crippen LogP contribution in [0.25, 0.3) is 16.9 Å². The molecule has 0 aliphatic carbocycles. The van der Waals surface area contributed by atoms with Crippen molar-refractivity contribution in [1.29, 1.82) is 0 Å². The summed E-state index contributed by atoms with van der Waals surface area (Å²) in [6.45, 7) is 0. The van der Waals surface area contributed by atoms with Crippen LogP contribution in [0.2, 0.25) is 0 Å². The molecule has 0 saturated carbocycles. The SMILES string of the molecule is FC(F)(F)Oc1ccc(CCCc2nc3c(-c4cncnc4)nccn3n2)cc1. The van der Waals surface area contributed by atoms with E-state index < -0.39 is 6.36 Å². The zero-order valence-electron chi connectivity index (χ0n) is 15.0. The van der Waals surface area contributed by atoms with Gasteiger partial charge in [0.2, 0.25) is 0 Å². The minimum Gasteiger partial charge on any atom is -0.406 e. The predicted molar refractivity (Wildman–Crippen MR) is 97.0 cm³/mol.